The Balaban J connectivity index is 2.51. The summed E-state index contributed by atoms with van der Waals surface area (Å²) in [6.45, 7) is 0.762. The van der Waals surface area contributed by atoms with E-state index in [1.807, 2.05) is 0 Å². The molecule has 0 radical (unpaired) electrons. The van der Waals surface area contributed by atoms with Crippen LogP contribution in [0.3, 0.4) is 0 Å². The Morgan fingerprint density at radius 2 is 2.27 bits per heavy atom. The van der Waals surface area contributed by atoms with Crippen molar-refractivity contribution in [1.82, 2.24) is 0 Å². The Morgan fingerprint density at radius 3 is 3.09 bits per heavy atom. The summed E-state index contributed by atoms with van der Waals surface area (Å²) in [7, 11) is 1.74. The number of allylic oxidation sites excluding steroid dienone is 5. The topological polar surface area (TPSA) is 9.23 Å². The van der Waals surface area contributed by atoms with E-state index in [0.717, 1.165) is 19.4 Å². The SMILES string of the molecule is COCC1=CC=CC=CCC1. The van der Waals surface area contributed by atoms with Crippen LogP contribution in [-0.4, -0.2) is 13.7 Å². The lowest BCUT2D eigenvalue weighted by Gasteiger charge is -2.03. The van der Waals surface area contributed by atoms with Crippen molar-refractivity contribution in [2.45, 2.75) is 12.8 Å². The van der Waals surface area contributed by atoms with Gasteiger partial charge in [0.25, 0.3) is 0 Å². The molecule has 0 aromatic heterocycles. The molecular formula is C10H14O. The molecule has 1 heteroatoms. The Kier molecular flexibility index (Phi) is 3.70. The molecule has 1 aliphatic carbocycles. The average Bonchev–Trinajstić information content (AvgIpc) is 1.94. The Bertz CT molecular complexity index is 187. The highest BCUT2D eigenvalue weighted by Crippen LogP contribution is 2.08. The zero-order valence-corrected chi connectivity index (χ0v) is 6.92. The molecule has 1 nitrogen and oxygen atoms in total. The summed E-state index contributed by atoms with van der Waals surface area (Å²) in [4.78, 5) is 0. The van der Waals surface area contributed by atoms with E-state index < -0.39 is 0 Å². The lowest BCUT2D eigenvalue weighted by atomic mass is 10.1. The average molecular weight is 150 g/mol. The molecule has 0 amide bonds. The summed E-state index contributed by atoms with van der Waals surface area (Å²) >= 11 is 0. The van der Waals surface area contributed by atoms with Crippen molar-refractivity contribution < 1.29 is 4.74 Å². The summed E-state index contributed by atoms with van der Waals surface area (Å²) in [6, 6.07) is 0. The van der Waals surface area contributed by atoms with Crippen molar-refractivity contribution in [3.63, 3.8) is 0 Å². The fourth-order valence-electron chi connectivity index (χ4n) is 1.09. The van der Waals surface area contributed by atoms with Gasteiger partial charge in [-0.1, -0.05) is 30.4 Å². The standard InChI is InChI=1S/C10H14O/c1-11-9-10-7-5-3-2-4-6-8-10/h2-5,7H,6,8-9H2,1H3. The molecule has 0 saturated heterocycles. The van der Waals surface area contributed by atoms with Crippen molar-refractivity contribution >= 4 is 0 Å². The van der Waals surface area contributed by atoms with Crippen LogP contribution in [0.25, 0.3) is 0 Å². The number of rotatable bonds is 2. The third-order valence-corrected chi connectivity index (χ3v) is 1.65. The van der Waals surface area contributed by atoms with E-state index in [2.05, 4.69) is 30.4 Å². The van der Waals surface area contributed by atoms with E-state index in [1.165, 1.54) is 5.57 Å². The molecule has 0 bridgehead atoms. The zero-order chi connectivity index (χ0) is 7.94. The first-order valence-corrected chi connectivity index (χ1v) is 3.93. The van der Waals surface area contributed by atoms with E-state index >= 15 is 0 Å². The van der Waals surface area contributed by atoms with Gasteiger partial charge in [-0.25, -0.2) is 0 Å². The second kappa shape index (κ2) is 4.91. The van der Waals surface area contributed by atoms with Crippen LogP contribution in [-0.2, 0) is 4.74 Å². The van der Waals surface area contributed by atoms with Crippen LogP contribution in [0, 0.1) is 0 Å². The maximum Gasteiger partial charge on any atom is 0.0676 e. The minimum absolute atomic E-state index is 0.762. The van der Waals surface area contributed by atoms with Gasteiger partial charge in [0, 0.05) is 7.11 Å². The fraction of sp³-hybridized carbons (Fsp3) is 0.400. The molecule has 1 aliphatic rings. The van der Waals surface area contributed by atoms with E-state index in [4.69, 9.17) is 4.74 Å². The second-order valence-corrected chi connectivity index (χ2v) is 2.61. The minimum Gasteiger partial charge on any atom is -0.380 e. The highest BCUT2D eigenvalue weighted by Gasteiger charge is 1.94. The highest BCUT2D eigenvalue weighted by atomic mass is 16.5. The molecule has 0 N–H and O–H groups in total. The molecule has 11 heavy (non-hydrogen) atoms. The van der Waals surface area contributed by atoms with E-state index in [-0.39, 0.29) is 0 Å². The molecule has 0 saturated carbocycles. The largest absolute Gasteiger partial charge is 0.380 e. The van der Waals surface area contributed by atoms with Crippen LogP contribution in [0.4, 0.5) is 0 Å². The predicted molar refractivity (Wildman–Crippen MR) is 47.5 cm³/mol. The van der Waals surface area contributed by atoms with Gasteiger partial charge < -0.3 is 4.74 Å². The van der Waals surface area contributed by atoms with Gasteiger partial charge >= 0.3 is 0 Å². The first-order chi connectivity index (χ1) is 5.43. The van der Waals surface area contributed by atoms with Gasteiger partial charge in [-0.05, 0) is 18.4 Å². The van der Waals surface area contributed by atoms with Crippen molar-refractivity contribution in [3.05, 3.63) is 36.0 Å². The van der Waals surface area contributed by atoms with Crippen molar-refractivity contribution in [1.29, 1.82) is 0 Å². The summed E-state index contributed by atoms with van der Waals surface area (Å²) in [5.74, 6) is 0. The molecular weight excluding hydrogens is 136 g/mol. The third kappa shape index (κ3) is 3.19. The zero-order valence-electron chi connectivity index (χ0n) is 6.92. The monoisotopic (exact) mass is 150 g/mol. The van der Waals surface area contributed by atoms with Crippen LogP contribution in [0.2, 0.25) is 0 Å². The van der Waals surface area contributed by atoms with Crippen molar-refractivity contribution in [3.8, 4) is 0 Å². The molecule has 60 valence electrons. The van der Waals surface area contributed by atoms with Crippen molar-refractivity contribution in [2.75, 3.05) is 13.7 Å². The minimum atomic E-state index is 0.762. The smallest absolute Gasteiger partial charge is 0.0676 e. The molecule has 0 aromatic carbocycles. The molecule has 1 rings (SSSR count). The molecule has 0 aromatic rings. The maximum atomic E-state index is 5.05. The van der Waals surface area contributed by atoms with Gasteiger partial charge in [0.15, 0.2) is 0 Å². The van der Waals surface area contributed by atoms with Crippen LogP contribution >= 0.6 is 0 Å². The molecule has 0 heterocycles. The van der Waals surface area contributed by atoms with E-state index in [9.17, 15) is 0 Å². The van der Waals surface area contributed by atoms with E-state index in [1.54, 1.807) is 7.11 Å². The van der Waals surface area contributed by atoms with Crippen LogP contribution in [0.1, 0.15) is 12.8 Å². The summed E-state index contributed by atoms with van der Waals surface area (Å²) < 4.78 is 5.05. The van der Waals surface area contributed by atoms with E-state index in [0.29, 0.717) is 0 Å². The number of hydrogen-bond acceptors (Lipinski definition) is 1. The summed E-state index contributed by atoms with van der Waals surface area (Å²) in [6.07, 6.45) is 12.7. The van der Waals surface area contributed by atoms with Crippen molar-refractivity contribution in [2.24, 2.45) is 0 Å². The molecule has 0 aliphatic heterocycles. The first kappa shape index (κ1) is 8.28. The number of hydrogen-bond donors (Lipinski definition) is 0. The van der Waals surface area contributed by atoms with Gasteiger partial charge in [-0.3, -0.25) is 0 Å². The quantitative estimate of drug-likeness (QED) is 0.587. The lowest BCUT2D eigenvalue weighted by molar-refractivity contribution is 0.223. The summed E-state index contributed by atoms with van der Waals surface area (Å²) in [5, 5.41) is 0. The molecule has 0 unspecified atom stereocenters. The fourth-order valence-corrected chi connectivity index (χ4v) is 1.09. The Morgan fingerprint density at radius 1 is 1.36 bits per heavy atom. The normalized spacial score (nSPS) is 17.4. The summed E-state index contributed by atoms with van der Waals surface area (Å²) in [5.41, 5.74) is 1.37. The highest BCUT2D eigenvalue weighted by molar-refractivity contribution is 5.19. The predicted octanol–water partition coefficient (Wildman–Crippen LogP) is 2.47. The van der Waals surface area contributed by atoms with Crippen LogP contribution in [0.5, 0.6) is 0 Å². The van der Waals surface area contributed by atoms with Gasteiger partial charge in [-0.2, -0.15) is 0 Å². The number of methoxy groups -OCH3 is 1. The molecule has 0 fully saturated rings. The second-order valence-electron chi connectivity index (χ2n) is 2.61. The van der Waals surface area contributed by atoms with Gasteiger partial charge in [0.05, 0.1) is 6.61 Å². The Labute approximate surface area is 68.1 Å². The van der Waals surface area contributed by atoms with Gasteiger partial charge in [0.2, 0.25) is 0 Å². The number of ether oxygens (including phenoxy) is 1. The lowest BCUT2D eigenvalue weighted by Crippen LogP contribution is -1.94. The van der Waals surface area contributed by atoms with Crippen LogP contribution < -0.4 is 0 Å². The van der Waals surface area contributed by atoms with Gasteiger partial charge in [0.1, 0.15) is 0 Å². The maximum absolute atomic E-state index is 5.05. The molecule has 0 atom stereocenters. The first-order valence-electron chi connectivity index (χ1n) is 3.93. The third-order valence-electron chi connectivity index (χ3n) is 1.65. The van der Waals surface area contributed by atoms with Crippen LogP contribution in [0.15, 0.2) is 36.0 Å². The molecule has 0 spiro atoms. The van der Waals surface area contributed by atoms with Gasteiger partial charge in [-0.15, -0.1) is 0 Å². The Hall–Kier alpha value is -0.820.